The van der Waals surface area contributed by atoms with Crippen molar-refractivity contribution in [3.05, 3.63) is 36.7 Å². The van der Waals surface area contributed by atoms with Crippen molar-refractivity contribution in [3.8, 4) is 11.3 Å². The Bertz CT molecular complexity index is 1340. The maximum absolute atomic E-state index is 13.0. The number of aromatic nitrogens is 4. The molecular formula is C20H21N5O3S2. The number of pyridine rings is 2. The molecule has 0 aliphatic heterocycles. The normalized spacial score (nSPS) is 11.9. The van der Waals surface area contributed by atoms with Crippen LogP contribution in [-0.2, 0) is 14.8 Å². The van der Waals surface area contributed by atoms with E-state index in [1.54, 1.807) is 36.7 Å². The Morgan fingerprint density at radius 3 is 2.80 bits per heavy atom. The lowest BCUT2D eigenvalue weighted by Crippen LogP contribution is -2.15. The molecule has 4 rings (SSSR count). The summed E-state index contributed by atoms with van der Waals surface area (Å²) in [6.45, 7) is 3.46. The van der Waals surface area contributed by atoms with E-state index < -0.39 is 10.0 Å². The van der Waals surface area contributed by atoms with E-state index in [-0.39, 0.29) is 11.7 Å². The van der Waals surface area contributed by atoms with Crippen molar-refractivity contribution >= 4 is 53.8 Å². The first-order valence-electron chi connectivity index (χ1n) is 9.64. The Kier molecular flexibility index (Phi) is 5.52. The molecular weight excluding hydrogens is 422 g/mol. The number of anilines is 1. The van der Waals surface area contributed by atoms with Crippen molar-refractivity contribution in [2.24, 2.45) is 0 Å². The van der Waals surface area contributed by atoms with E-state index in [2.05, 4.69) is 20.3 Å². The Balaban J connectivity index is 1.80. The van der Waals surface area contributed by atoms with Crippen LogP contribution in [0.3, 0.4) is 0 Å². The third-order valence-corrected chi connectivity index (χ3v) is 7.23. The smallest absolute Gasteiger partial charge is 0.239 e. The quantitative estimate of drug-likeness (QED) is 0.432. The molecule has 0 fully saturated rings. The minimum absolute atomic E-state index is 0.0837. The van der Waals surface area contributed by atoms with Crippen LogP contribution >= 0.6 is 11.3 Å². The lowest BCUT2D eigenvalue weighted by Gasteiger charge is -2.06. The van der Waals surface area contributed by atoms with Crippen LogP contribution in [0.1, 0.15) is 33.1 Å². The Morgan fingerprint density at radius 1 is 1.20 bits per heavy atom. The van der Waals surface area contributed by atoms with E-state index in [0.29, 0.717) is 44.2 Å². The summed E-state index contributed by atoms with van der Waals surface area (Å²) in [5, 5.41) is 3.14. The minimum Gasteiger partial charge on any atom is -0.302 e. The van der Waals surface area contributed by atoms with Gasteiger partial charge < -0.3 is 5.32 Å². The highest BCUT2D eigenvalue weighted by molar-refractivity contribution is 7.90. The highest BCUT2D eigenvalue weighted by atomic mass is 32.2. The molecule has 0 bridgehead atoms. The monoisotopic (exact) mass is 443 g/mol. The van der Waals surface area contributed by atoms with Crippen molar-refractivity contribution in [3.63, 3.8) is 0 Å². The number of hydrogen-bond donors (Lipinski definition) is 1. The van der Waals surface area contributed by atoms with Crippen LogP contribution < -0.4 is 5.32 Å². The zero-order valence-corrected chi connectivity index (χ0v) is 18.3. The molecule has 0 radical (unpaired) electrons. The fraction of sp³-hybridized carbons (Fsp3) is 0.300. The molecule has 156 valence electrons. The number of thiazole rings is 1. The summed E-state index contributed by atoms with van der Waals surface area (Å²) in [4.78, 5) is 25.3. The fourth-order valence-corrected chi connectivity index (χ4v) is 5.61. The molecule has 0 unspecified atom stereocenters. The van der Waals surface area contributed by atoms with E-state index >= 15 is 0 Å². The van der Waals surface area contributed by atoms with Gasteiger partial charge in [-0.05, 0) is 30.7 Å². The summed E-state index contributed by atoms with van der Waals surface area (Å²) in [6, 6.07) is 7.07. The van der Waals surface area contributed by atoms with E-state index in [1.165, 1.54) is 22.2 Å². The molecule has 10 heteroatoms. The maximum atomic E-state index is 13.0. The number of carbonyl (C=O) groups excluding carboxylic acids is 1. The summed E-state index contributed by atoms with van der Waals surface area (Å²) < 4.78 is 27.2. The molecule has 0 aliphatic carbocycles. The van der Waals surface area contributed by atoms with Gasteiger partial charge in [-0.3, -0.25) is 9.78 Å². The Labute approximate surface area is 178 Å². The number of hydrogen-bond acceptors (Lipinski definition) is 7. The number of amides is 1. The van der Waals surface area contributed by atoms with E-state index in [0.717, 1.165) is 12.8 Å². The van der Waals surface area contributed by atoms with Crippen molar-refractivity contribution in [1.29, 1.82) is 0 Å². The van der Waals surface area contributed by atoms with Gasteiger partial charge in [0, 0.05) is 24.9 Å². The Morgan fingerprint density at radius 2 is 2.03 bits per heavy atom. The topological polar surface area (TPSA) is 107 Å². The van der Waals surface area contributed by atoms with Crippen molar-refractivity contribution in [2.75, 3.05) is 11.1 Å². The standard InChI is InChI=1S/C20H21N5O3S2/c1-3-4-5-11-30(27,28)25-12-14(18-17(25)7-6-10-21-18)15-8-9-16-19(23-15)29-20(24-16)22-13(2)26/h6-10,12H,3-5,11H2,1-2H3,(H,22,24,26). The zero-order chi connectivity index (χ0) is 21.3. The highest BCUT2D eigenvalue weighted by Gasteiger charge is 2.21. The van der Waals surface area contributed by atoms with Gasteiger partial charge in [-0.25, -0.2) is 22.4 Å². The average Bonchev–Trinajstić information content (AvgIpc) is 3.28. The molecule has 4 aromatic heterocycles. The van der Waals surface area contributed by atoms with Crippen molar-refractivity contribution < 1.29 is 13.2 Å². The van der Waals surface area contributed by atoms with Gasteiger partial charge in [0.05, 0.1) is 22.5 Å². The van der Waals surface area contributed by atoms with Gasteiger partial charge in [-0.1, -0.05) is 31.1 Å². The lowest BCUT2D eigenvalue weighted by atomic mass is 10.2. The molecule has 1 N–H and O–H groups in total. The summed E-state index contributed by atoms with van der Waals surface area (Å²) in [5.41, 5.74) is 3.02. The van der Waals surface area contributed by atoms with Gasteiger partial charge in [0.15, 0.2) is 5.13 Å². The van der Waals surface area contributed by atoms with Crippen LogP contribution in [-0.4, -0.2) is 39.0 Å². The number of nitrogens with zero attached hydrogens (tertiary/aromatic N) is 4. The first-order valence-corrected chi connectivity index (χ1v) is 12.1. The lowest BCUT2D eigenvalue weighted by molar-refractivity contribution is -0.114. The molecule has 0 saturated carbocycles. The van der Waals surface area contributed by atoms with Gasteiger partial charge in [-0.2, -0.15) is 0 Å². The third kappa shape index (κ3) is 3.92. The van der Waals surface area contributed by atoms with Gasteiger partial charge in [0.25, 0.3) is 0 Å². The molecule has 0 aliphatic rings. The number of unbranched alkanes of at least 4 members (excludes halogenated alkanes) is 2. The highest BCUT2D eigenvalue weighted by Crippen LogP contribution is 2.32. The second-order valence-electron chi connectivity index (χ2n) is 6.95. The van der Waals surface area contributed by atoms with E-state index in [9.17, 15) is 13.2 Å². The maximum Gasteiger partial charge on any atom is 0.239 e. The van der Waals surface area contributed by atoms with Crippen LogP contribution in [0.25, 0.3) is 32.6 Å². The van der Waals surface area contributed by atoms with E-state index in [1.807, 2.05) is 6.92 Å². The molecule has 0 spiro atoms. The van der Waals surface area contributed by atoms with Crippen molar-refractivity contribution in [2.45, 2.75) is 33.1 Å². The SMILES string of the molecule is CCCCCS(=O)(=O)n1cc(-c2ccc3nc(NC(C)=O)sc3n2)c2ncccc21. The van der Waals surface area contributed by atoms with E-state index in [4.69, 9.17) is 0 Å². The summed E-state index contributed by atoms with van der Waals surface area (Å²) in [5.74, 6) is -0.116. The first-order chi connectivity index (χ1) is 14.4. The molecule has 8 nitrogen and oxygen atoms in total. The predicted octanol–water partition coefficient (Wildman–Crippen LogP) is 4.03. The summed E-state index contributed by atoms with van der Waals surface area (Å²) in [7, 11) is -3.51. The zero-order valence-electron chi connectivity index (χ0n) is 16.6. The van der Waals surface area contributed by atoms with Crippen LogP contribution in [0.4, 0.5) is 5.13 Å². The fourth-order valence-electron chi connectivity index (χ4n) is 3.25. The average molecular weight is 444 g/mol. The molecule has 0 atom stereocenters. The molecule has 30 heavy (non-hydrogen) atoms. The van der Waals surface area contributed by atoms with Crippen molar-refractivity contribution in [1.82, 2.24) is 18.9 Å². The van der Waals surface area contributed by atoms with Crippen LogP contribution in [0, 0.1) is 0 Å². The molecule has 4 aromatic rings. The predicted molar refractivity (Wildman–Crippen MR) is 119 cm³/mol. The minimum atomic E-state index is -3.51. The third-order valence-electron chi connectivity index (χ3n) is 4.65. The molecule has 0 saturated heterocycles. The van der Waals surface area contributed by atoms with Gasteiger partial charge >= 0.3 is 0 Å². The first kappa shape index (κ1) is 20.4. The van der Waals surface area contributed by atoms with Gasteiger partial charge in [0.1, 0.15) is 10.3 Å². The molecule has 4 heterocycles. The molecule has 1 amide bonds. The number of carbonyl (C=O) groups is 1. The second kappa shape index (κ2) is 8.11. The van der Waals surface area contributed by atoms with Crippen LogP contribution in [0.2, 0.25) is 0 Å². The molecule has 0 aromatic carbocycles. The summed E-state index contributed by atoms with van der Waals surface area (Å²) >= 11 is 1.27. The number of rotatable bonds is 7. The van der Waals surface area contributed by atoms with Crippen LogP contribution in [0.5, 0.6) is 0 Å². The van der Waals surface area contributed by atoms with Gasteiger partial charge in [-0.15, -0.1) is 0 Å². The van der Waals surface area contributed by atoms with Gasteiger partial charge in [0.2, 0.25) is 15.9 Å². The number of fused-ring (bicyclic) bond motifs is 2. The van der Waals surface area contributed by atoms with Crippen LogP contribution in [0.15, 0.2) is 36.7 Å². The Hall–Kier alpha value is -2.85. The number of nitrogens with one attached hydrogen (secondary N) is 1. The summed E-state index contributed by atoms with van der Waals surface area (Å²) in [6.07, 6.45) is 5.67. The largest absolute Gasteiger partial charge is 0.302 e. The second-order valence-corrected chi connectivity index (χ2v) is 9.90.